The van der Waals surface area contributed by atoms with E-state index in [1.807, 2.05) is 67.7 Å². The minimum Gasteiger partial charge on any atom is -0.413 e. The van der Waals surface area contributed by atoms with Gasteiger partial charge in [0, 0.05) is 32.8 Å². The van der Waals surface area contributed by atoms with Gasteiger partial charge in [-0.25, -0.2) is 0 Å². The summed E-state index contributed by atoms with van der Waals surface area (Å²) in [5.41, 5.74) is -1.85. The van der Waals surface area contributed by atoms with Crippen LogP contribution in [0.15, 0.2) is 36.4 Å². The molecule has 2 aromatic carbocycles. The van der Waals surface area contributed by atoms with Gasteiger partial charge in [-0.3, -0.25) is 20.2 Å². The molecule has 224 valence electrons. The maximum absolute atomic E-state index is 11.1. The number of benzene rings is 2. The lowest BCUT2D eigenvalue weighted by atomic mass is 10.1. The van der Waals surface area contributed by atoms with Crippen LogP contribution in [-0.2, 0) is 34.4 Å². The quantitative estimate of drug-likeness (QED) is 0.122. The van der Waals surface area contributed by atoms with Crippen LogP contribution in [0.25, 0.3) is 0 Å². The molecule has 12 heteroatoms. The van der Waals surface area contributed by atoms with Gasteiger partial charge in [-0.05, 0) is 58.5 Å². The Balaban J connectivity index is 0.000000480. The summed E-state index contributed by atoms with van der Waals surface area (Å²) in [6.45, 7) is 11.6. The molecule has 0 amide bonds. The first-order chi connectivity index (χ1) is 20.9. The predicted octanol–water partition coefficient (Wildman–Crippen LogP) is 8.46. The summed E-state index contributed by atoms with van der Waals surface area (Å²) >= 11 is 5.62. The van der Waals surface area contributed by atoms with Gasteiger partial charge in [0.25, 0.3) is 11.4 Å². The van der Waals surface area contributed by atoms with Gasteiger partial charge in [-0.2, -0.15) is 0 Å². The van der Waals surface area contributed by atoms with Gasteiger partial charge in [0.05, 0.1) is 37.7 Å². The molecule has 0 aliphatic rings. The summed E-state index contributed by atoms with van der Waals surface area (Å²) in [5.74, 6) is -2.35. The van der Waals surface area contributed by atoms with E-state index in [4.69, 9.17) is 31.4 Å². The van der Waals surface area contributed by atoms with Crippen molar-refractivity contribution in [1.29, 1.82) is 0 Å². The van der Waals surface area contributed by atoms with Gasteiger partial charge < -0.3 is 14.0 Å². The van der Waals surface area contributed by atoms with Gasteiger partial charge in [0.15, 0.2) is 16.6 Å². The molecule has 0 aromatic heterocycles. The van der Waals surface area contributed by atoms with Crippen molar-refractivity contribution < 1.29 is 34.8 Å². The van der Waals surface area contributed by atoms with Gasteiger partial charge in [0.1, 0.15) is 0 Å². The molecule has 0 unspecified atom stereocenters. The Morgan fingerprint density at radius 2 is 1.07 bits per heavy atom. The maximum Gasteiger partial charge on any atom is 0.270 e. The molecular weight excluding hydrogens is 568 g/mol. The monoisotopic (exact) mass is 620 g/mol. The lowest BCUT2D eigenvalue weighted by Crippen LogP contribution is -2.40. The summed E-state index contributed by atoms with van der Waals surface area (Å²) in [5, 5.41) is 31.1. The second-order valence-electron chi connectivity index (χ2n) is 12.2. The van der Waals surface area contributed by atoms with Crippen LogP contribution in [0.5, 0.6) is 0 Å². The highest BCUT2D eigenvalue weighted by Crippen LogP contribution is 2.38. The lowest BCUT2D eigenvalue weighted by molar-refractivity contribution is -0.385. The third kappa shape index (κ3) is 10.7. The number of alkyl halides is 1. The average Bonchev–Trinajstić information content (AvgIpc) is 2.85. The average molecular weight is 621 g/mol. The maximum atomic E-state index is 11.1. The highest BCUT2D eigenvalue weighted by atomic mass is 35.5. The number of rotatable bonds is 10. The van der Waals surface area contributed by atoms with Crippen molar-refractivity contribution in [3.8, 4) is 0 Å². The molecule has 2 aromatic rings. The Labute approximate surface area is 256 Å². The van der Waals surface area contributed by atoms with Crippen LogP contribution >= 0.6 is 11.6 Å². The number of nitrogens with zero attached hydrogens (tertiary/aromatic N) is 2. The van der Waals surface area contributed by atoms with Gasteiger partial charge in [0.2, 0.25) is 0 Å². The fourth-order valence-electron chi connectivity index (χ4n) is 2.35. The minimum absolute atomic E-state index is 0.124. The molecule has 9 nitrogen and oxygen atoms in total. The van der Waals surface area contributed by atoms with Crippen molar-refractivity contribution in [3.63, 3.8) is 0 Å². The van der Waals surface area contributed by atoms with E-state index in [0.29, 0.717) is 0 Å². The highest BCUT2D eigenvalue weighted by molar-refractivity contribution is 6.74. The van der Waals surface area contributed by atoms with Gasteiger partial charge >= 0.3 is 0 Å². The number of hydrogen-bond donors (Lipinski definition) is 1. The van der Waals surface area contributed by atoms with Crippen molar-refractivity contribution >= 4 is 39.6 Å². The highest BCUT2D eigenvalue weighted by Gasteiger charge is 2.38. The van der Waals surface area contributed by atoms with E-state index < -0.39 is 68.9 Å². The van der Waals surface area contributed by atoms with E-state index in [0.717, 1.165) is 30.3 Å². The van der Waals surface area contributed by atoms with Crippen molar-refractivity contribution in [2.75, 3.05) is 0 Å². The lowest BCUT2D eigenvalue weighted by Gasteiger charge is -2.36. The molecule has 1 N–H and O–H groups in total. The number of halogens is 1. The second-order valence-corrected chi connectivity index (χ2v) is 21.8. The SMILES string of the molecule is [2H]C([2H])(Cl)c1cc([N+](=O)[O-])cc(C([2H])([2H])O[Si](C)(C)C(C)(C)C)c1.[2H]C([2H])(O)c1cc([N+](=O)[O-])cc(C([2H])([2H])O[Si](C)(C)C(C)(C)C)c1. The zero-order chi connectivity index (χ0) is 38.3. The first-order valence-electron chi connectivity index (χ1n) is 16.4. The summed E-state index contributed by atoms with van der Waals surface area (Å²) < 4.78 is 74.1. The third-order valence-electron chi connectivity index (χ3n) is 6.96. The molecule has 0 bridgehead atoms. The van der Waals surface area contributed by atoms with E-state index in [1.54, 1.807) is 0 Å². The van der Waals surface area contributed by atoms with Crippen LogP contribution in [0.1, 0.15) is 74.8 Å². The Morgan fingerprint density at radius 3 is 1.38 bits per heavy atom. The standard InChI is InChI=1S/C14H22ClNO3Si.C14H23NO4Si/c1-14(2,3)20(4,5)19-10-12-6-11(9-15)7-13(8-12)16(17)18;1-14(2,3)20(4,5)19-10-12-6-11(9-16)7-13(8-12)15(17)18/h6-8H,9-10H2,1-5H3;6-8,16H,9-10H2,1-5H3/i2*9D2,10D2. The number of aliphatic hydroxyl groups is 1. The molecule has 40 heavy (non-hydrogen) atoms. The Bertz CT molecular complexity index is 1390. The van der Waals surface area contributed by atoms with Gasteiger partial charge in [-0.1, -0.05) is 53.7 Å². The van der Waals surface area contributed by atoms with Crippen LogP contribution < -0.4 is 0 Å². The summed E-state index contributed by atoms with van der Waals surface area (Å²) in [4.78, 5) is 20.7. The predicted molar refractivity (Wildman–Crippen MR) is 166 cm³/mol. The molecule has 0 aliphatic heterocycles. The van der Waals surface area contributed by atoms with Crippen LogP contribution in [0.4, 0.5) is 11.4 Å². The number of non-ortho nitro benzene ring substituents is 2. The second kappa shape index (κ2) is 14.1. The van der Waals surface area contributed by atoms with Crippen LogP contribution in [0.2, 0.25) is 36.3 Å². The molecule has 2 rings (SSSR count). The summed E-state index contributed by atoms with van der Waals surface area (Å²) in [6, 6.07) is 6.17. The van der Waals surface area contributed by atoms with Crippen molar-refractivity contribution in [3.05, 3.63) is 78.9 Å². The van der Waals surface area contributed by atoms with Crippen LogP contribution in [0.3, 0.4) is 0 Å². The topological polar surface area (TPSA) is 125 Å². The van der Waals surface area contributed by atoms with E-state index in [2.05, 4.69) is 0 Å². The molecular formula is C28H45ClN2O7Si2. The Kier molecular flexibility index (Phi) is 8.65. The third-order valence-corrected chi connectivity index (χ3v) is 15.6. The number of nitro groups is 2. The molecule has 0 atom stereocenters. The van der Waals surface area contributed by atoms with E-state index in [9.17, 15) is 25.3 Å². The normalized spacial score (nSPS) is 16.9. The zero-order valence-corrected chi connectivity index (χ0v) is 27.4. The van der Waals surface area contributed by atoms with E-state index in [1.165, 1.54) is 6.07 Å². The largest absolute Gasteiger partial charge is 0.413 e. The summed E-state index contributed by atoms with van der Waals surface area (Å²) in [6.07, 6.45) is 0. The Hall–Kier alpha value is -2.16. The molecule has 0 fully saturated rings. The summed E-state index contributed by atoms with van der Waals surface area (Å²) in [7, 11) is -5.03. The zero-order valence-electron chi connectivity index (χ0n) is 32.6. The molecule has 0 saturated heterocycles. The molecule has 0 aliphatic carbocycles. The van der Waals surface area contributed by atoms with Crippen LogP contribution in [-0.4, -0.2) is 31.6 Å². The first-order valence-corrected chi connectivity index (χ1v) is 18.6. The van der Waals surface area contributed by atoms with Crippen molar-refractivity contribution in [1.82, 2.24) is 0 Å². The number of nitro benzene ring substituents is 2. The van der Waals surface area contributed by atoms with Gasteiger partial charge in [-0.15, -0.1) is 11.6 Å². The molecule has 0 spiro atoms. The van der Waals surface area contributed by atoms with E-state index >= 15 is 0 Å². The fraction of sp³-hybridized carbons (Fsp3) is 0.571. The number of hydrogen-bond acceptors (Lipinski definition) is 7. The van der Waals surface area contributed by atoms with E-state index in [-0.39, 0.29) is 26.8 Å². The fourth-order valence-corrected chi connectivity index (χ4v) is 3.82. The first kappa shape index (κ1) is 24.4. The van der Waals surface area contributed by atoms with Crippen molar-refractivity contribution in [2.24, 2.45) is 0 Å². The molecule has 0 radical (unpaired) electrons. The van der Waals surface area contributed by atoms with Crippen molar-refractivity contribution in [2.45, 2.75) is 103 Å². The smallest absolute Gasteiger partial charge is 0.270 e. The minimum atomic E-state index is -2.83. The Morgan fingerprint density at radius 1 is 0.750 bits per heavy atom. The molecule has 0 saturated carbocycles. The van der Waals surface area contributed by atoms with Crippen LogP contribution in [0, 0.1) is 20.2 Å². The molecule has 0 heterocycles.